The van der Waals surface area contributed by atoms with Gasteiger partial charge in [-0.1, -0.05) is 12.1 Å². The topological polar surface area (TPSA) is 76.1 Å². The smallest absolute Gasteiger partial charge is 0.230 e. The average Bonchev–Trinajstić information content (AvgIpc) is 3.01. The van der Waals surface area contributed by atoms with Crippen LogP contribution in [0.5, 0.6) is 0 Å². The van der Waals surface area contributed by atoms with Gasteiger partial charge in [-0.15, -0.1) is 23.1 Å². The van der Waals surface area contributed by atoms with Crippen molar-refractivity contribution in [3.05, 3.63) is 29.3 Å². The number of aromatic nitrogens is 1. The van der Waals surface area contributed by atoms with Crippen molar-refractivity contribution >= 4 is 49.1 Å². The van der Waals surface area contributed by atoms with Crippen LogP contribution in [0.2, 0.25) is 0 Å². The molecule has 2 heterocycles. The quantitative estimate of drug-likeness (QED) is 0.884. The number of carbonyl (C=O) groups is 1. The minimum atomic E-state index is -2.95. The zero-order chi connectivity index (χ0) is 15.6. The molecule has 1 saturated heterocycles. The first-order valence-corrected chi connectivity index (χ1v) is 10.7. The van der Waals surface area contributed by atoms with Crippen LogP contribution in [-0.4, -0.2) is 42.6 Å². The van der Waals surface area contributed by atoms with Gasteiger partial charge in [-0.2, -0.15) is 0 Å². The van der Waals surface area contributed by atoms with Crippen LogP contribution in [0.1, 0.15) is 11.4 Å². The minimum Gasteiger partial charge on any atom is -0.352 e. The van der Waals surface area contributed by atoms with E-state index in [0.717, 1.165) is 15.2 Å². The summed E-state index contributed by atoms with van der Waals surface area (Å²) in [5, 5.41) is 3.79. The number of para-hydroxylation sites is 1. The van der Waals surface area contributed by atoms with E-state index in [1.54, 1.807) is 11.3 Å². The molecule has 1 unspecified atom stereocenters. The fourth-order valence-corrected chi connectivity index (χ4v) is 5.92. The summed E-state index contributed by atoms with van der Waals surface area (Å²) in [6.07, 6.45) is 0.524. The third kappa shape index (κ3) is 3.99. The molecular formula is C14H16N2O3S3. The van der Waals surface area contributed by atoms with E-state index in [1.807, 2.05) is 24.3 Å². The van der Waals surface area contributed by atoms with E-state index in [1.165, 1.54) is 11.8 Å². The second-order valence-electron chi connectivity index (χ2n) is 5.24. The molecule has 0 bridgehead atoms. The fourth-order valence-electron chi connectivity index (χ4n) is 2.39. The largest absolute Gasteiger partial charge is 0.352 e. The van der Waals surface area contributed by atoms with Gasteiger partial charge in [0.1, 0.15) is 5.01 Å². The van der Waals surface area contributed by atoms with Crippen molar-refractivity contribution < 1.29 is 13.2 Å². The number of fused-ring (bicyclic) bond motifs is 1. The van der Waals surface area contributed by atoms with Crippen molar-refractivity contribution in [1.29, 1.82) is 0 Å². The normalized spacial score (nSPS) is 20.3. The van der Waals surface area contributed by atoms with Crippen molar-refractivity contribution in [2.75, 3.05) is 17.3 Å². The maximum atomic E-state index is 11.8. The Bertz CT molecular complexity index is 752. The molecule has 1 amide bonds. The lowest BCUT2D eigenvalue weighted by atomic mass is 10.3. The lowest BCUT2D eigenvalue weighted by molar-refractivity contribution is -0.119. The number of amides is 1. The van der Waals surface area contributed by atoms with Crippen molar-refractivity contribution in [3.8, 4) is 0 Å². The number of sulfone groups is 1. The Hall–Kier alpha value is -1.12. The van der Waals surface area contributed by atoms with Crippen LogP contribution in [0.3, 0.4) is 0 Å². The highest BCUT2D eigenvalue weighted by Gasteiger charge is 2.28. The first-order chi connectivity index (χ1) is 10.5. The van der Waals surface area contributed by atoms with E-state index in [4.69, 9.17) is 0 Å². The number of carbonyl (C=O) groups excluding carboxylic acids is 1. The predicted molar refractivity (Wildman–Crippen MR) is 91.0 cm³/mol. The number of thiazole rings is 1. The van der Waals surface area contributed by atoms with Crippen LogP contribution in [0.4, 0.5) is 0 Å². The number of rotatable bonds is 5. The van der Waals surface area contributed by atoms with Gasteiger partial charge in [-0.05, 0) is 18.6 Å². The molecule has 1 fully saturated rings. The Labute approximate surface area is 137 Å². The number of hydrogen-bond acceptors (Lipinski definition) is 6. The second-order valence-corrected chi connectivity index (χ2v) is 9.57. The Balaban J connectivity index is 1.45. The molecular weight excluding hydrogens is 340 g/mol. The number of hydrogen-bond donors (Lipinski definition) is 1. The van der Waals surface area contributed by atoms with Gasteiger partial charge in [0.15, 0.2) is 9.84 Å². The van der Waals surface area contributed by atoms with E-state index < -0.39 is 9.84 Å². The minimum absolute atomic E-state index is 0.0707. The SMILES string of the molecule is O=C(CSCc1nc2ccccc2s1)NC1CCS(=O)(=O)C1. The molecule has 0 radical (unpaired) electrons. The molecule has 0 spiro atoms. The van der Waals surface area contributed by atoms with Gasteiger partial charge in [-0.3, -0.25) is 4.79 Å². The van der Waals surface area contributed by atoms with Crippen LogP contribution < -0.4 is 5.32 Å². The van der Waals surface area contributed by atoms with Crippen molar-refractivity contribution in [3.63, 3.8) is 0 Å². The molecule has 1 aliphatic rings. The standard InChI is InChI=1S/C14H16N2O3S3/c17-13(15-10-5-6-22(18,19)9-10)7-20-8-14-16-11-3-1-2-4-12(11)21-14/h1-4,10H,5-9H2,(H,15,17). The van der Waals surface area contributed by atoms with Gasteiger partial charge < -0.3 is 5.32 Å². The van der Waals surface area contributed by atoms with Gasteiger partial charge in [0.25, 0.3) is 0 Å². The highest BCUT2D eigenvalue weighted by molar-refractivity contribution is 7.99. The number of benzene rings is 1. The Morgan fingerprint density at radius 3 is 2.95 bits per heavy atom. The lowest BCUT2D eigenvalue weighted by Crippen LogP contribution is -2.36. The highest BCUT2D eigenvalue weighted by Crippen LogP contribution is 2.24. The zero-order valence-corrected chi connectivity index (χ0v) is 14.3. The Morgan fingerprint density at radius 2 is 2.23 bits per heavy atom. The van der Waals surface area contributed by atoms with Gasteiger partial charge >= 0.3 is 0 Å². The first-order valence-electron chi connectivity index (χ1n) is 6.94. The zero-order valence-electron chi connectivity index (χ0n) is 11.8. The van der Waals surface area contributed by atoms with E-state index in [-0.39, 0.29) is 23.5 Å². The summed E-state index contributed by atoms with van der Waals surface area (Å²) in [5.41, 5.74) is 0.990. The molecule has 1 aliphatic heterocycles. The third-order valence-electron chi connectivity index (χ3n) is 3.39. The van der Waals surface area contributed by atoms with Gasteiger partial charge in [0.05, 0.1) is 27.5 Å². The maximum absolute atomic E-state index is 11.8. The van der Waals surface area contributed by atoms with E-state index >= 15 is 0 Å². The summed E-state index contributed by atoms with van der Waals surface area (Å²) >= 11 is 3.14. The van der Waals surface area contributed by atoms with E-state index in [0.29, 0.717) is 17.9 Å². The average molecular weight is 356 g/mol. The van der Waals surface area contributed by atoms with E-state index in [9.17, 15) is 13.2 Å². The summed E-state index contributed by atoms with van der Waals surface area (Å²) in [5.74, 6) is 1.16. The monoisotopic (exact) mass is 356 g/mol. The van der Waals surface area contributed by atoms with Crippen LogP contribution in [0.15, 0.2) is 24.3 Å². The Kier molecular flexibility index (Phi) is 4.70. The van der Waals surface area contributed by atoms with Crippen LogP contribution >= 0.6 is 23.1 Å². The summed E-state index contributed by atoms with van der Waals surface area (Å²) in [7, 11) is -2.95. The van der Waals surface area contributed by atoms with Gasteiger partial charge in [0.2, 0.25) is 5.91 Å². The number of nitrogens with one attached hydrogen (secondary N) is 1. The Morgan fingerprint density at radius 1 is 1.41 bits per heavy atom. The molecule has 22 heavy (non-hydrogen) atoms. The fraction of sp³-hybridized carbons (Fsp3) is 0.429. The molecule has 5 nitrogen and oxygen atoms in total. The van der Waals surface area contributed by atoms with E-state index in [2.05, 4.69) is 10.3 Å². The van der Waals surface area contributed by atoms with Crippen LogP contribution in [-0.2, 0) is 20.4 Å². The maximum Gasteiger partial charge on any atom is 0.230 e. The lowest BCUT2D eigenvalue weighted by Gasteiger charge is -2.09. The van der Waals surface area contributed by atoms with Crippen molar-refractivity contribution in [2.24, 2.45) is 0 Å². The molecule has 0 aliphatic carbocycles. The second kappa shape index (κ2) is 6.55. The molecule has 1 N–H and O–H groups in total. The molecule has 3 rings (SSSR count). The third-order valence-corrected chi connectivity index (χ3v) is 7.33. The summed E-state index contributed by atoms with van der Waals surface area (Å²) in [4.78, 5) is 16.3. The van der Waals surface area contributed by atoms with Crippen molar-refractivity contribution in [2.45, 2.75) is 18.2 Å². The van der Waals surface area contributed by atoms with Gasteiger partial charge in [-0.25, -0.2) is 13.4 Å². The van der Waals surface area contributed by atoms with Crippen LogP contribution in [0.25, 0.3) is 10.2 Å². The van der Waals surface area contributed by atoms with Gasteiger partial charge in [0, 0.05) is 11.8 Å². The number of thioether (sulfide) groups is 1. The molecule has 1 aromatic heterocycles. The first kappa shape index (κ1) is 15.8. The summed E-state index contributed by atoms with van der Waals surface area (Å²) in [6, 6.07) is 7.74. The molecule has 1 aromatic carbocycles. The number of nitrogens with zero attached hydrogens (tertiary/aromatic N) is 1. The highest BCUT2D eigenvalue weighted by atomic mass is 32.2. The molecule has 118 valence electrons. The molecule has 1 atom stereocenters. The molecule has 2 aromatic rings. The van der Waals surface area contributed by atoms with Crippen LogP contribution in [0, 0.1) is 0 Å². The summed E-state index contributed by atoms with van der Waals surface area (Å²) in [6.45, 7) is 0. The predicted octanol–water partition coefficient (Wildman–Crippen LogP) is 1.83. The summed E-state index contributed by atoms with van der Waals surface area (Å²) < 4.78 is 23.8. The van der Waals surface area contributed by atoms with Crippen molar-refractivity contribution in [1.82, 2.24) is 10.3 Å². The molecule has 8 heteroatoms. The molecule has 0 saturated carbocycles.